The molecule has 6 nitrogen and oxygen atoms in total. The number of aliphatic imine (C=N–C) groups is 3. The van der Waals surface area contributed by atoms with Gasteiger partial charge in [0.05, 0.1) is 6.61 Å². The summed E-state index contributed by atoms with van der Waals surface area (Å²) in [7, 11) is 4.00. The van der Waals surface area contributed by atoms with Crippen molar-refractivity contribution < 1.29 is 5.11 Å². The van der Waals surface area contributed by atoms with Gasteiger partial charge in [-0.05, 0) is 18.6 Å². The number of para-hydroxylation sites is 1. The Hall–Kier alpha value is -3.16. The molecule has 0 radical (unpaired) electrons. The fraction of sp³-hybridized carbons (Fsp3) is 0.182. The highest BCUT2D eigenvalue weighted by molar-refractivity contribution is 7.15. The summed E-state index contributed by atoms with van der Waals surface area (Å²) in [6, 6.07) is 15.6. The Balaban J connectivity index is 1.88. The minimum absolute atomic E-state index is 0.0769. The lowest BCUT2D eigenvalue weighted by molar-refractivity contribution is 0.281. The van der Waals surface area contributed by atoms with E-state index in [0.717, 1.165) is 27.3 Å². The highest BCUT2D eigenvalue weighted by Crippen LogP contribution is 2.27. The molecule has 0 saturated carbocycles. The van der Waals surface area contributed by atoms with Crippen LogP contribution < -0.4 is 4.90 Å². The Kier molecular flexibility index (Phi) is 5.33. The molecule has 1 aliphatic heterocycles. The van der Waals surface area contributed by atoms with Crippen LogP contribution in [-0.4, -0.2) is 41.6 Å². The number of aryl methyl sites for hydroxylation is 1. The van der Waals surface area contributed by atoms with E-state index in [1.807, 2.05) is 74.4 Å². The topological polar surface area (TPSA) is 73.4 Å². The molecule has 0 unspecified atom stereocenters. The fourth-order valence-corrected chi connectivity index (χ4v) is 3.77. The predicted molar refractivity (Wildman–Crippen MR) is 120 cm³/mol. The van der Waals surface area contributed by atoms with Crippen LogP contribution in [0.15, 0.2) is 69.7 Å². The summed E-state index contributed by atoms with van der Waals surface area (Å²) >= 11 is 1.51. The first kappa shape index (κ1) is 19.2. The van der Waals surface area contributed by atoms with Gasteiger partial charge in [-0.1, -0.05) is 42.5 Å². The van der Waals surface area contributed by atoms with E-state index in [4.69, 9.17) is 15.0 Å². The van der Waals surface area contributed by atoms with Crippen LogP contribution in [0, 0.1) is 6.92 Å². The monoisotopic (exact) mass is 403 g/mol. The molecule has 1 aromatic heterocycles. The fourth-order valence-electron chi connectivity index (χ4n) is 3.14. The van der Waals surface area contributed by atoms with Crippen LogP contribution in [0.1, 0.15) is 21.6 Å². The standard InChI is InChI=1S/C22H21N5OS/c1-14-12-23-22(29-14)26-21-19(17-10-6-7-11-18(17)27(2)3)24-20(25-21)16-9-5-4-8-15(16)13-28/h4-12,28H,13H2,1-3H3. The van der Waals surface area contributed by atoms with Crippen molar-refractivity contribution in [1.29, 1.82) is 0 Å². The Labute approximate surface area is 173 Å². The van der Waals surface area contributed by atoms with Crippen LogP contribution in [0.5, 0.6) is 0 Å². The van der Waals surface area contributed by atoms with Gasteiger partial charge in [0.2, 0.25) is 5.13 Å². The highest BCUT2D eigenvalue weighted by atomic mass is 32.1. The first-order valence-electron chi connectivity index (χ1n) is 9.21. The first-order valence-corrected chi connectivity index (χ1v) is 10.0. The zero-order valence-corrected chi connectivity index (χ0v) is 17.3. The number of aliphatic hydroxyl groups is 1. The van der Waals surface area contributed by atoms with Crippen LogP contribution in [0.3, 0.4) is 0 Å². The maximum Gasteiger partial charge on any atom is 0.211 e. The molecule has 0 fully saturated rings. The van der Waals surface area contributed by atoms with E-state index in [-0.39, 0.29) is 6.61 Å². The van der Waals surface area contributed by atoms with Crippen LogP contribution in [-0.2, 0) is 6.61 Å². The molecule has 0 amide bonds. The summed E-state index contributed by atoms with van der Waals surface area (Å²) in [5.41, 5.74) is 4.26. The molecule has 1 N–H and O–H groups in total. The van der Waals surface area contributed by atoms with Gasteiger partial charge in [0.15, 0.2) is 11.7 Å². The number of aliphatic hydroxyl groups excluding tert-OH is 1. The lowest BCUT2D eigenvalue weighted by atomic mass is 10.1. The van der Waals surface area contributed by atoms with Gasteiger partial charge in [-0.3, -0.25) is 0 Å². The second kappa shape index (κ2) is 8.06. The largest absolute Gasteiger partial charge is 0.392 e. The number of hydrogen-bond donors (Lipinski definition) is 1. The lowest BCUT2D eigenvalue weighted by Crippen LogP contribution is -2.17. The van der Waals surface area contributed by atoms with E-state index >= 15 is 0 Å². The van der Waals surface area contributed by atoms with Gasteiger partial charge in [0.25, 0.3) is 0 Å². The number of hydrogen-bond acceptors (Lipinski definition) is 6. The predicted octanol–water partition coefficient (Wildman–Crippen LogP) is 3.99. The molecule has 29 heavy (non-hydrogen) atoms. The van der Waals surface area contributed by atoms with Gasteiger partial charge in [-0.25, -0.2) is 15.0 Å². The first-order chi connectivity index (χ1) is 14.1. The molecular formula is C22H21N5OS. The van der Waals surface area contributed by atoms with Gasteiger partial charge in [0, 0.05) is 42.0 Å². The van der Waals surface area contributed by atoms with E-state index in [1.54, 1.807) is 6.20 Å². The van der Waals surface area contributed by atoms with E-state index in [9.17, 15) is 5.11 Å². The summed E-state index contributed by atoms with van der Waals surface area (Å²) in [6.45, 7) is 1.92. The Morgan fingerprint density at radius 1 is 1.00 bits per heavy atom. The Morgan fingerprint density at radius 2 is 1.72 bits per heavy atom. The molecule has 0 atom stereocenters. The summed E-state index contributed by atoms with van der Waals surface area (Å²) < 4.78 is 0. The molecule has 1 aliphatic rings. The molecule has 146 valence electrons. The molecule has 3 aromatic rings. The maximum absolute atomic E-state index is 9.73. The summed E-state index contributed by atoms with van der Waals surface area (Å²) in [5, 5.41) is 10.4. The van der Waals surface area contributed by atoms with Gasteiger partial charge in [-0.15, -0.1) is 11.3 Å². The number of aromatic nitrogens is 1. The minimum atomic E-state index is -0.0769. The van der Waals surface area contributed by atoms with Gasteiger partial charge in [0.1, 0.15) is 5.71 Å². The molecule has 2 aromatic carbocycles. The van der Waals surface area contributed by atoms with Crippen molar-refractivity contribution in [3.05, 3.63) is 76.3 Å². The van der Waals surface area contributed by atoms with E-state index in [1.165, 1.54) is 11.3 Å². The third kappa shape index (κ3) is 3.87. The van der Waals surface area contributed by atoms with Crippen molar-refractivity contribution in [1.82, 2.24) is 4.98 Å². The smallest absolute Gasteiger partial charge is 0.211 e. The van der Waals surface area contributed by atoms with Crippen molar-refractivity contribution in [2.24, 2.45) is 15.0 Å². The SMILES string of the molecule is Cc1cnc(N=C2N=C(c3ccccc3CO)N=C2c2ccccc2N(C)C)s1. The number of thiazole rings is 1. The van der Waals surface area contributed by atoms with Crippen molar-refractivity contribution >= 4 is 39.5 Å². The summed E-state index contributed by atoms with van der Waals surface area (Å²) in [5.74, 6) is 1.07. The van der Waals surface area contributed by atoms with Crippen LogP contribution >= 0.6 is 11.3 Å². The van der Waals surface area contributed by atoms with Crippen molar-refractivity contribution in [3.63, 3.8) is 0 Å². The van der Waals surface area contributed by atoms with Crippen molar-refractivity contribution in [2.75, 3.05) is 19.0 Å². The second-order valence-electron chi connectivity index (χ2n) is 6.81. The average molecular weight is 404 g/mol. The normalized spacial score (nSPS) is 14.8. The Morgan fingerprint density at radius 3 is 2.41 bits per heavy atom. The average Bonchev–Trinajstić information content (AvgIpc) is 3.34. The lowest BCUT2D eigenvalue weighted by Gasteiger charge is -2.17. The third-order valence-electron chi connectivity index (χ3n) is 4.52. The maximum atomic E-state index is 9.73. The highest BCUT2D eigenvalue weighted by Gasteiger charge is 2.25. The number of anilines is 1. The second-order valence-corrected chi connectivity index (χ2v) is 8.02. The molecule has 0 aliphatic carbocycles. The van der Waals surface area contributed by atoms with Crippen LogP contribution in [0.25, 0.3) is 0 Å². The summed E-state index contributed by atoms with van der Waals surface area (Å²) in [6.07, 6.45) is 1.80. The minimum Gasteiger partial charge on any atom is -0.392 e. The van der Waals surface area contributed by atoms with E-state index in [2.05, 4.69) is 4.98 Å². The van der Waals surface area contributed by atoms with Crippen LogP contribution in [0.4, 0.5) is 10.8 Å². The zero-order chi connectivity index (χ0) is 20.4. The quantitative estimate of drug-likeness (QED) is 0.700. The molecule has 7 heteroatoms. The molecule has 0 bridgehead atoms. The van der Waals surface area contributed by atoms with Crippen molar-refractivity contribution in [3.8, 4) is 0 Å². The van der Waals surface area contributed by atoms with Gasteiger partial charge >= 0.3 is 0 Å². The van der Waals surface area contributed by atoms with E-state index in [0.29, 0.717) is 22.5 Å². The zero-order valence-electron chi connectivity index (χ0n) is 16.5. The third-order valence-corrected chi connectivity index (χ3v) is 5.33. The van der Waals surface area contributed by atoms with Gasteiger partial charge < -0.3 is 10.0 Å². The van der Waals surface area contributed by atoms with Crippen LogP contribution in [0.2, 0.25) is 0 Å². The molecule has 4 rings (SSSR count). The molecule has 0 spiro atoms. The molecule has 0 saturated heterocycles. The number of nitrogens with zero attached hydrogens (tertiary/aromatic N) is 5. The number of rotatable bonds is 5. The number of amidine groups is 2. The number of benzene rings is 2. The van der Waals surface area contributed by atoms with Crippen molar-refractivity contribution in [2.45, 2.75) is 13.5 Å². The summed E-state index contributed by atoms with van der Waals surface area (Å²) in [4.78, 5) is 21.7. The molecule has 2 heterocycles. The molecular weight excluding hydrogens is 382 g/mol. The van der Waals surface area contributed by atoms with E-state index < -0.39 is 0 Å². The Bertz CT molecular complexity index is 1140. The van der Waals surface area contributed by atoms with Gasteiger partial charge in [-0.2, -0.15) is 4.99 Å².